The van der Waals surface area contributed by atoms with Gasteiger partial charge in [-0.1, -0.05) is 35.6 Å². The SMILES string of the molecule is O=C(Nc1nc2c(cc3c4c(cccc42)CC3)s1)c1ccc2c(c1)CCCC2. The number of nitrogens with zero attached hydrogens (tertiary/aromatic N) is 1. The number of amides is 1. The Morgan fingerprint density at radius 2 is 1.75 bits per heavy atom. The number of anilines is 1. The Morgan fingerprint density at radius 3 is 2.68 bits per heavy atom. The normalized spacial score (nSPS) is 15.1. The van der Waals surface area contributed by atoms with Crippen molar-refractivity contribution in [2.75, 3.05) is 5.32 Å². The molecule has 1 aromatic heterocycles. The zero-order valence-electron chi connectivity index (χ0n) is 15.5. The quantitative estimate of drug-likeness (QED) is 0.483. The number of carbonyl (C=O) groups excluding carboxylic acids is 1. The van der Waals surface area contributed by atoms with Gasteiger partial charge in [0.2, 0.25) is 0 Å². The van der Waals surface area contributed by atoms with E-state index in [9.17, 15) is 4.79 Å². The molecule has 1 amide bonds. The molecule has 2 aliphatic carbocycles. The summed E-state index contributed by atoms with van der Waals surface area (Å²) in [5, 5.41) is 6.31. The Morgan fingerprint density at radius 1 is 0.893 bits per heavy atom. The monoisotopic (exact) mass is 384 g/mol. The van der Waals surface area contributed by atoms with Crippen LogP contribution in [0.2, 0.25) is 0 Å². The van der Waals surface area contributed by atoms with Crippen LogP contribution < -0.4 is 5.32 Å². The predicted molar refractivity (Wildman–Crippen MR) is 116 cm³/mol. The summed E-state index contributed by atoms with van der Waals surface area (Å²) in [4.78, 5) is 17.6. The second-order valence-electron chi connectivity index (χ2n) is 7.89. The second kappa shape index (κ2) is 6.14. The van der Waals surface area contributed by atoms with E-state index in [1.165, 1.54) is 45.9 Å². The Balaban J connectivity index is 1.37. The number of benzene rings is 3. The maximum atomic E-state index is 12.8. The van der Waals surface area contributed by atoms with Gasteiger partial charge in [-0.15, -0.1) is 0 Å². The molecule has 4 heteroatoms. The summed E-state index contributed by atoms with van der Waals surface area (Å²) >= 11 is 1.57. The number of hydrogen-bond acceptors (Lipinski definition) is 3. The minimum absolute atomic E-state index is 0.0651. The number of hydrogen-bond donors (Lipinski definition) is 1. The van der Waals surface area contributed by atoms with Gasteiger partial charge in [0.15, 0.2) is 5.13 Å². The van der Waals surface area contributed by atoms with Gasteiger partial charge in [-0.05, 0) is 84.4 Å². The van der Waals surface area contributed by atoms with E-state index in [2.05, 4.69) is 41.7 Å². The van der Waals surface area contributed by atoms with Crippen molar-refractivity contribution in [2.24, 2.45) is 0 Å². The standard InChI is InChI=1S/C24H20N2OS/c27-23(18-11-8-14-4-1-2-5-16(14)12-18)26-24-25-22-19-7-3-6-15-9-10-17(21(15)19)13-20(22)28-24/h3,6-8,11-13H,1-2,4-5,9-10H2,(H,25,26,27). The van der Waals surface area contributed by atoms with Crippen LogP contribution in [0.4, 0.5) is 5.13 Å². The van der Waals surface area contributed by atoms with Crippen molar-refractivity contribution in [1.29, 1.82) is 0 Å². The highest BCUT2D eigenvalue weighted by Crippen LogP contribution is 2.39. The van der Waals surface area contributed by atoms with E-state index in [1.807, 2.05) is 6.07 Å². The van der Waals surface area contributed by atoms with Gasteiger partial charge < -0.3 is 0 Å². The van der Waals surface area contributed by atoms with Crippen molar-refractivity contribution in [3.63, 3.8) is 0 Å². The third-order valence-corrected chi connectivity index (χ3v) is 7.10. The van der Waals surface area contributed by atoms with Crippen LogP contribution in [0.3, 0.4) is 0 Å². The molecule has 0 unspecified atom stereocenters. The average Bonchev–Trinajstić information content (AvgIpc) is 3.33. The molecule has 0 saturated carbocycles. The summed E-state index contributed by atoms with van der Waals surface area (Å²) < 4.78 is 1.15. The van der Waals surface area contributed by atoms with Crippen LogP contribution in [0.5, 0.6) is 0 Å². The van der Waals surface area contributed by atoms with Crippen molar-refractivity contribution in [1.82, 2.24) is 4.98 Å². The Labute approximate surface area is 167 Å². The summed E-state index contributed by atoms with van der Waals surface area (Å²) in [6, 6.07) is 14.9. The Bertz CT molecular complexity index is 1270. The molecular weight excluding hydrogens is 364 g/mol. The lowest BCUT2D eigenvalue weighted by atomic mass is 9.90. The first kappa shape index (κ1) is 16.3. The van der Waals surface area contributed by atoms with E-state index < -0.39 is 0 Å². The molecule has 3 nitrogen and oxygen atoms in total. The highest BCUT2D eigenvalue weighted by atomic mass is 32.1. The maximum absolute atomic E-state index is 12.8. The van der Waals surface area contributed by atoms with Crippen molar-refractivity contribution in [3.05, 3.63) is 70.3 Å². The molecular formula is C24H20N2OS. The van der Waals surface area contributed by atoms with Gasteiger partial charge in [-0.3, -0.25) is 10.1 Å². The fourth-order valence-corrected chi connectivity index (χ4v) is 5.74. The highest BCUT2D eigenvalue weighted by molar-refractivity contribution is 7.22. The molecule has 6 rings (SSSR count). The molecule has 0 radical (unpaired) electrons. The van der Waals surface area contributed by atoms with Crippen LogP contribution in [0.25, 0.3) is 21.0 Å². The number of nitrogens with one attached hydrogen (secondary N) is 1. The van der Waals surface area contributed by atoms with Crippen molar-refractivity contribution in [3.8, 4) is 0 Å². The van der Waals surface area contributed by atoms with Crippen LogP contribution in [-0.4, -0.2) is 10.9 Å². The topological polar surface area (TPSA) is 42.0 Å². The molecule has 0 spiro atoms. The zero-order chi connectivity index (χ0) is 18.7. The van der Waals surface area contributed by atoms with Crippen LogP contribution in [0, 0.1) is 0 Å². The molecule has 0 atom stereocenters. The molecule has 28 heavy (non-hydrogen) atoms. The van der Waals surface area contributed by atoms with Gasteiger partial charge in [0.05, 0.1) is 10.2 Å². The maximum Gasteiger partial charge on any atom is 0.257 e. The van der Waals surface area contributed by atoms with E-state index >= 15 is 0 Å². The molecule has 3 aromatic carbocycles. The lowest BCUT2D eigenvalue weighted by Gasteiger charge is -2.16. The Kier molecular flexibility index (Phi) is 3.57. The molecule has 4 aromatic rings. The van der Waals surface area contributed by atoms with Crippen LogP contribution in [0.1, 0.15) is 45.5 Å². The fourth-order valence-electron chi connectivity index (χ4n) is 4.80. The van der Waals surface area contributed by atoms with Gasteiger partial charge in [0, 0.05) is 10.9 Å². The summed E-state index contributed by atoms with van der Waals surface area (Å²) in [7, 11) is 0. The number of aryl methyl sites for hydroxylation is 4. The van der Waals surface area contributed by atoms with E-state index in [0.717, 1.165) is 41.5 Å². The molecule has 1 N–H and O–H groups in total. The summed E-state index contributed by atoms with van der Waals surface area (Å²) in [6.45, 7) is 0. The van der Waals surface area contributed by atoms with Gasteiger partial charge in [0.1, 0.15) is 0 Å². The van der Waals surface area contributed by atoms with E-state index in [1.54, 1.807) is 11.3 Å². The van der Waals surface area contributed by atoms with Gasteiger partial charge >= 0.3 is 0 Å². The number of carbonyl (C=O) groups is 1. The Hall–Kier alpha value is -2.72. The molecule has 0 aliphatic heterocycles. The van der Waals surface area contributed by atoms with Crippen molar-refractivity contribution < 1.29 is 4.79 Å². The average molecular weight is 385 g/mol. The molecule has 2 aliphatic rings. The lowest BCUT2D eigenvalue weighted by Crippen LogP contribution is -2.13. The molecule has 1 heterocycles. The fraction of sp³-hybridized carbons (Fsp3) is 0.250. The van der Waals surface area contributed by atoms with Crippen molar-refractivity contribution in [2.45, 2.75) is 38.5 Å². The largest absolute Gasteiger partial charge is 0.298 e. The van der Waals surface area contributed by atoms with Gasteiger partial charge in [-0.2, -0.15) is 0 Å². The first-order valence-corrected chi connectivity index (χ1v) is 10.8. The summed E-state index contributed by atoms with van der Waals surface area (Å²) in [6.07, 6.45) is 6.89. The van der Waals surface area contributed by atoms with Gasteiger partial charge in [0.25, 0.3) is 5.91 Å². The first-order valence-electron chi connectivity index (χ1n) is 10.0. The van der Waals surface area contributed by atoms with E-state index in [4.69, 9.17) is 4.98 Å². The van der Waals surface area contributed by atoms with E-state index in [-0.39, 0.29) is 5.91 Å². The molecule has 0 bridgehead atoms. The minimum Gasteiger partial charge on any atom is -0.298 e. The smallest absolute Gasteiger partial charge is 0.257 e. The summed E-state index contributed by atoms with van der Waals surface area (Å²) in [5.74, 6) is -0.0651. The number of rotatable bonds is 2. The lowest BCUT2D eigenvalue weighted by molar-refractivity contribution is 0.102. The van der Waals surface area contributed by atoms with E-state index in [0.29, 0.717) is 5.13 Å². The third kappa shape index (κ3) is 2.48. The molecule has 0 fully saturated rings. The zero-order valence-corrected chi connectivity index (χ0v) is 16.4. The highest BCUT2D eigenvalue weighted by Gasteiger charge is 2.19. The minimum atomic E-state index is -0.0651. The van der Waals surface area contributed by atoms with Crippen molar-refractivity contribution >= 4 is 43.4 Å². The first-order chi connectivity index (χ1) is 13.8. The molecule has 0 saturated heterocycles. The molecule has 138 valence electrons. The third-order valence-electron chi connectivity index (χ3n) is 6.18. The predicted octanol–water partition coefficient (Wildman–Crippen LogP) is 5.68. The second-order valence-corrected chi connectivity index (χ2v) is 8.92. The number of fused-ring (bicyclic) bond motifs is 3. The number of aromatic nitrogens is 1. The van der Waals surface area contributed by atoms with Crippen LogP contribution in [0.15, 0.2) is 42.5 Å². The van der Waals surface area contributed by atoms with Gasteiger partial charge in [-0.25, -0.2) is 4.98 Å². The number of thiazole rings is 1. The van der Waals surface area contributed by atoms with Crippen LogP contribution in [-0.2, 0) is 25.7 Å². The van der Waals surface area contributed by atoms with Crippen LogP contribution >= 0.6 is 11.3 Å². The summed E-state index contributed by atoms with van der Waals surface area (Å²) in [5.41, 5.74) is 7.29.